The summed E-state index contributed by atoms with van der Waals surface area (Å²) in [6.45, 7) is 1.90. The van der Waals surface area contributed by atoms with Crippen molar-refractivity contribution in [3.63, 3.8) is 0 Å². The van der Waals surface area contributed by atoms with Gasteiger partial charge in [-0.25, -0.2) is 0 Å². The van der Waals surface area contributed by atoms with Gasteiger partial charge in [-0.15, -0.1) is 0 Å². The molecule has 2 aromatic carbocycles. The van der Waals surface area contributed by atoms with Crippen LogP contribution in [0.3, 0.4) is 0 Å². The Bertz CT molecular complexity index is 690. The summed E-state index contributed by atoms with van der Waals surface area (Å²) in [4.78, 5) is 23.2. The molecule has 114 valence electrons. The summed E-state index contributed by atoms with van der Waals surface area (Å²) in [6.07, 6.45) is 1.35. The van der Waals surface area contributed by atoms with Crippen LogP contribution < -0.4 is 0 Å². The van der Waals surface area contributed by atoms with E-state index in [1.54, 1.807) is 30.3 Å². The molecule has 0 aliphatic heterocycles. The van der Waals surface area contributed by atoms with Crippen molar-refractivity contribution in [2.75, 3.05) is 0 Å². The van der Waals surface area contributed by atoms with E-state index in [9.17, 15) is 9.59 Å². The van der Waals surface area contributed by atoms with Crippen molar-refractivity contribution < 1.29 is 14.7 Å². The number of aryl methyl sites for hydroxylation is 1. The van der Waals surface area contributed by atoms with Gasteiger partial charge in [0.1, 0.15) is 0 Å². The molecule has 0 atom stereocenters. The average molecular weight is 317 g/mol. The van der Waals surface area contributed by atoms with Gasteiger partial charge in [-0.1, -0.05) is 29.8 Å². The normalized spacial score (nSPS) is 10.5. The van der Waals surface area contributed by atoms with Crippen LogP contribution >= 0.6 is 11.6 Å². The maximum Gasteiger partial charge on any atom is 0.303 e. The fourth-order valence-electron chi connectivity index (χ4n) is 2.39. The molecule has 0 aliphatic carbocycles. The van der Waals surface area contributed by atoms with Gasteiger partial charge in [-0.2, -0.15) is 0 Å². The third kappa shape index (κ3) is 3.95. The van der Waals surface area contributed by atoms with Crippen molar-refractivity contribution in [2.24, 2.45) is 0 Å². The van der Waals surface area contributed by atoms with Crippen molar-refractivity contribution in [3.05, 3.63) is 69.7 Å². The van der Waals surface area contributed by atoms with Crippen LogP contribution in [0.4, 0.5) is 0 Å². The molecule has 0 heterocycles. The second-order valence-electron chi connectivity index (χ2n) is 5.17. The lowest BCUT2D eigenvalue weighted by atomic mass is 9.93. The van der Waals surface area contributed by atoms with Crippen LogP contribution in [0.1, 0.15) is 39.9 Å². The molecule has 0 amide bonds. The summed E-state index contributed by atoms with van der Waals surface area (Å²) in [5.41, 5.74) is 3.17. The van der Waals surface area contributed by atoms with Gasteiger partial charge in [0.05, 0.1) is 0 Å². The number of benzene rings is 2. The zero-order valence-corrected chi connectivity index (χ0v) is 13.1. The van der Waals surface area contributed by atoms with Crippen LogP contribution in [0, 0.1) is 6.92 Å². The zero-order chi connectivity index (χ0) is 16.1. The van der Waals surface area contributed by atoms with E-state index in [0.717, 1.165) is 11.1 Å². The van der Waals surface area contributed by atoms with E-state index in [1.165, 1.54) is 0 Å². The highest BCUT2D eigenvalue weighted by Gasteiger charge is 2.13. The number of halogens is 1. The summed E-state index contributed by atoms with van der Waals surface area (Å²) in [6, 6.07) is 12.4. The van der Waals surface area contributed by atoms with E-state index < -0.39 is 5.97 Å². The molecular weight excluding hydrogens is 300 g/mol. The molecule has 3 nitrogen and oxygen atoms in total. The van der Waals surface area contributed by atoms with Gasteiger partial charge in [0.2, 0.25) is 0 Å². The lowest BCUT2D eigenvalue weighted by Crippen LogP contribution is -2.06. The number of carboxylic acid groups (broad SMARTS) is 1. The van der Waals surface area contributed by atoms with Gasteiger partial charge in [0.15, 0.2) is 5.78 Å². The summed E-state index contributed by atoms with van der Waals surface area (Å²) < 4.78 is 0. The Morgan fingerprint density at radius 1 is 1.09 bits per heavy atom. The topological polar surface area (TPSA) is 54.4 Å². The number of carbonyl (C=O) groups is 2. The van der Waals surface area contributed by atoms with E-state index in [0.29, 0.717) is 29.0 Å². The molecule has 0 radical (unpaired) electrons. The second-order valence-corrected chi connectivity index (χ2v) is 5.61. The van der Waals surface area contributed by atoms with Crippen LogP contribution in [0.25, 0.3) is 0 Å². The molecule has 0 saturated heterocycles. The Kier molecular flexibility index (Phi) is 5.34. The van der Waals surface area contributed by atoms with Crippen LogP contribution in [-0.2, 0) is 11.2 Å². The summed E-state index contributed by atoms with van der Waals surface area (Å²) in [5.74, 6) is -0.847. The van der Waals surface area contributed by atoms with Gasteiger partial charge in [-0.3, -0.25) is 9.59 Å². The van der Waals surface area contributed by atoms with E-state index in [1.807, 2.05) is 19.1 Å². The molecule has 0 aromatic heterocycles. The Labute approximate surface area is 134 Å². The minimum Gasteiger partial charge on any atom is -0.481 e. The Balaban J connectivity index is 2.22. The van der Waals surface area contributed by atoms with Gasteiger partial charge in [-0.05, 0) is 55.2 Å². The van der Waals surface area contributed by atoms with E-state index in [4.69, 9.17) is 16.7 Å². The average Bonchev–Trinajstić information content (AvgIpc) is 2.49. The van der Waals surface area contributed by atoms with Crippen molar-refractivity contribution in [1.82, 2.24) is 0 Å². The molecule has 0 aliphatic rings. The lowest BCUT2D eigenvalue weighted by molar-refractivity contribution is -0.137. The summed E-state index contributed by atoms with van der Waals surface area (Å²) in [5, 5.41) is 9.30. The maximum atomic E-state index is 12.6. The third-order valence-electron chi connectivity index (χ3n) is 3.63. The van der Waals surface area contributed by atoms with Crippen molar-refractivity contribution in [2.45, 2.75) is 26.2 Å². The second kappa shape index (κ2) is 7.23. The highest BCUT2D eigenvalue weighted by Crippen LogP contribution is 2.20. The third-order valence-corrected chi connectivity index (χ3v) is 3.89. The number of carbonyl (C=O) groups excluding carboxylic acids is 1. The quantitative estimate of drug-likeness (QED) is 0.809. The van der Waals surface area contributed by atoms with E-state index in [2.05, 4.69) is 0 Å². The van der Waals surface area contributed by atoms with Gasteiger partial charge >= 0.3 is 5.97 Å². The molecule has 2 aromatic rings. The molecule has 0 saturated carbocycles. The fourth-order valence-corrected chi connectivity index (χ4v) is 2.51. The highest BCUT2D eigenvalue weighted by atomic mass is 35.5. The highest BCUT2D eigenvalue weighted by molar-refractivity contribution is 6.30. The van der Waals surface area contributed by atoms with Crippen LogP contribution in [0.15, 0.2) is 42.5 Å². The van der Waals surface area contributed by atoms with Crippen molar-refractivity contribution >= 4 is 23.4 Å². The SMILES string of the molecule is Cc1c(CCCC(=O)O)cccc1C(=O)c1ccc(Cl)cc1. The van der Waals surface area contributed by atoms with Crippen LogP contribution in [-0.4, -0.2) is 16.9 Å². The summed E-state index contributed by atoms with van der Waals surface area (Å²) >= 11 is 5.84. The summed E-state index contributed by atoms with van der Waals surface area (Å²) in [7, 11) is 0. The molecular formula is C18H17ClO3. The van der Waals surface area contributed by atoms with E-state index in [-0.39, 0.29) is 12.2 Å². The predicted octanol–water partition coefficient (Wildman–Crippen LogP) is 4.29. The van der Waals surface area contributed by atoms with Crippen LogP contribution in [0.5, 0.6) is 0 Å². The first-order valence-electron chi connectivity index (χ1n) is 7.09. The molecule has 0 bridgehead atoms. The maximum absolute atomic E-state index is 12.6. The minimum atomic E-state index is -0.800. The van der Waals surface area contributed by atoms with Gasteiger partial charge < -0.3 is 5.11 Å². The zero-order valence-electron chi connectivity index (χ0n) is 12.3. The number of ketones is 1. The first kappa shape index (κ1) is 16.2. The Morgan fingerprint density at radius 3 is 2.41 bits per heavy atom. The minimum absolute atomic E-state index is 0.0470. The molecule has 22 heavy (non-hydrogen) atoms. The molecule has 0 spiro atoms. The van der Waals surface area contributed by atoms with Crippen molar-refractivity contribution in [1.29, 1.82) is 0 Å². The lowest BCUT2D eigenvalue weighted by Gasteiger charge is -2.10. The Hall–Kier alpha value is -2.13. The molecule has 0 fully saturated rings. The van der Waals surface area contributed by atoms with Gasteiger partial charge in [0.25, 0.3) is 0 Å². The molecule has 1 N–H and O–H groups in total. The fraction of sp³-hybridized carbons (Fsp3) is 0.222. The molecule has 2 rings (SSSR count). The largest absolute Gasteiger partial charge is 0.481 e. The number of rotatable bonds is 6. The number of hydrogen-bond acceptors (Lipinski definition) is 2. The number of aliphatic carboxylic acids is 1. The first-order valence-corrected chi connectivity index (χ1v) is 7.47. The smallest absolute Gasteiger partial charge is 0.303 e. The predicted molar refractivity (Wildman–Crippen MR) is 86.6 cm³/mol. The number of carboxylic acids is 1. The molecule has 0 unspecified atom stereocenters. The van der Waals surface area contributed by atoms with E-state index >= 15 is 0 Å². The first-order chi connectivity index (χ1) is 10.5. The van der Waals surface area contributed by atoms with Gasteiger partial charge in [0, 0.05) is 22.6 Å². The van der Waals surface area contributed by atoms with Crippen LogP contribution in [0.2, 0.25) is 5.02 Å². The molecule has 4 heteroatoms. The standard InChI is InChI=1S/C18H17ClO3/c1-12-13(5-3-7-17(20)21)4-2-6-16(12)18(22)14-8-10-15(19)11-9-14/h2,4,6,8-11H,3,5,7H2,1H3,(H,20,21). The number of hydrogen-bond donors (Lipinski definition) is 1. The van der Waals surface area contributed by atoms with Crippen molar-refractivity contribution in [3.8, 4) is 0 Å². The Morgan fingerprint density at radius 2 is 1.77 bits per heavy atom. The monoisotopic (exact) mass is 316 g/mol.